The van der Waals surface area contributed by atoms with E-state index in [-0.39, 0.29) is 5.92 Å². The van der Waals surface area contributed by atoms with Gasteiger partial charge in [0.1, 0.15) is 6.33 Å². The largest absolute Gasteiger partial charge is 0.416 e. The number of hydrogen-bond donors (Lipinski definition) is 0. The van der Waals surface area contributed by atoms with Crippen LogP contribution in [0.4, 0.5) is 13.2 Å². The number of thioether (sulfide) groups is 1. The number of halogens is 3. The second-order valence-electron chi connectivity index (χ2n) is 7.75. The molecule has 1 aromatic heterocycles. The van der Waals surface area contributed by atoms with E-state index in [9.17, 15) is 13.2 Å². The molecule has 1 aliphatic carbocycles. The average molecular weight is 437 g/mol. The van der Waals surface area contributed by atoms with Crippen LogP contribution in [0.5, 0.6) is 0 Å². The summed E-state index contributed by atoms with van der Waals surface area (Å²) in [6.45, 7) is 0. The quantitative estimate of drug-likeness (QED) is 0.303. The Bertz CT molecular complexity index is 1230. The molecule has 2 nitrogen and oxygen atoms in total. The van der Waals surface area contributed by atoms with Crippen molar-refractivity contribution in [3.8, 4) is 11.3 Å². The molecule has 1 fully saturated rings. The molecule has 0 atom stereocenters. The maximum atomic E-state index is 13.3. The van der Waals surface area contributed by atoms with Crippen LogP contribution in [0.2, 0.25) is 0 Å². The van der Waals surface area contributed by atoms with Gasteiger partial charge in [0.05, 0.1) is 16.8 Å². The number of nitrogens with zero attached hydrogens (tertiary/aromatic N) is 2. The molecule has 6 heteroatoms. The third-order valence-corrected chi connectivity index (χ3v) is 6.57. The van der Waals surface area contributed by atoms with E-state index in [1.807, 2.05) is 36.4 Å². The summed E-state index contributed by atoms with van der Waals surface area (Å²) in [6.07, 6.45) is -1.02. The Morgan fingerprint density at radius 3 is 2.45 bits per heavy atom. The minimum Gasteiger partial charge on any atom is -0.236 e. The standard InChI is InChI=1S/C25H19F3N2S/c26-25(27,28)18-8-10-20(22(12-18)17-6-7-17)24-21-11-9-19(13-23(21)29-15-30-24)31-14-16-4-2-1-3-5-16/h1-5,8-13,15,17H,6-7,14H2. The summed E-state index contributed by atoms with van der Waals surface area (Å²) >= 11 is 1.73. The maximum Gasteiger partial charge on any atom is 0.416 e. The lowest BCUT2D eigenvalue weighted by molar-refractivity contribution is -0.137. The molecule has 0 N–H and O–H groups in total. The third kappa shape index (κ3) is 4.30. The normalized spacial score (nSPS) is 14.2. The van der Waals surface area contributed by atoms with Gasteiger partial charge in [0, 0.05) is 21.6 Å². The number of alkyl halides is 3. The van der Waals surface area contributed by atoms with Gasteiger partial charge in [-0.25, -0.2) is 9.97 Å². The van der Waals surface area contributed by atoms with E-state index >= 15 is 0 Å². The molecule has 0 radical (unpaired) electrons. The first-order valence-electron chi connectivity index (χ1n) is 10.1. The van der Waals surface area contributed by atoms with E-state index in [1.54, 1.807) is 17.8 Å². The van der Waals surface area contributed by atoms with E-state index in [2.05, 4.69) is 22.1 Å². The third-order valence-electron chi connectivity index (χ3n) is 5.51. The maximum absolute atomic E-state index is 13.3. The minimum absolute atomic E-state index is 0.169. The Morgan fingerprint density at radius 1 is 0.903 bits per heavy atom. The predicted octanol–water partition coefficient (Wildman–Crippen LogP) is 7.49. The molecule has 4 aromatic rings. The predicted molar refractivity (Wildman–Crippen MR) is 118 cm³/mol. The van der Waals surface area contributed by atoms with Crippen molar-refractivity contribution in [2.75, 3.05) is 0 Å². The lowest BCUT2D eigenvalue weighted by Crippen LogP contribution is -2.06. The second-order valence-corrected chi connectivity index (χ2v) is 8.80. The van der Waals surface area contributed by atoms with Crippen LogP contribution in [-0.4, -0.2) is 9.97 Å². The molecule has 0 saturated heterocycles. The molecule has 0 bridgehead atoms. The fourth-order valence-electron chi connectivity index (χ4n) is 3.77. The van der Waals surface area contributed by atoms with Crippen LogP contribution in [0.1, 0.15) is 35.4 Å². The molecule has 1 heterocycles. The van der Waals surface area contributed by atoms with Gasteiger partial charge in [-0.3, -0.25) is 0 Å². The van der Waals surface area contributed by atoms with Crippen molar-refractivity contribution >= 4 is 22.7 Å². The lowest BCUT2D eigenvalue weighted by Gasteiger charge is -2.14. The van der Waals surface area contributed by atoms with Crippen LogP contribution >= 0.6 is 11.8 Å². The molecule has 5 rings (SSSR count). The van der Waals surface area contributed by atoms with Crippen LogP contribution in [-0.2, 0) is 11.9 Å². The van der Waals surface area contributed by atoms with Gasteiger partial charge in [0.15, 0.2) is 0 Å². The zero-order chi connectivity index (χ0) is 21.4. The monoisotopic (exact) mass is 436 g/mol. The highest BCUT2D eigenvalue weighted by Gasteiger charge is 2.34. The first-order chi connectivity index (χ1) is 15.0. The van der Waals surface area contributed by atoms with Crippen LogP contribution in [0.25, 0.3) is 22.2 Å². The number of aromatic nitrogens is 2. The minimum atomic E-state index is -4.35. The molecule has 1 aliphatic rings. The Morgan fingerprint density at radius 2 is 1.71 bits per heavy atom. The summed E-state index contributed by atoms with van der Waals surface area (Å²) < 4.78 is 39.8. The smallest absolute Gasteiger partial charge is 0.236 e. The van der Waals surface area contributed by atoms with E-state index < -0.39 is 11.7 Å². The zero-order valence-electron chi connectivity index (χ0n) is 16.6. The van der Waals surface area contributed by atoms with Gasteiger partial charge >= 0.3 is 6.18 Å². The van der Waals surface area contributed by atoms with Crippen molar-refractivity contribution in [1.29, 1.82) is 0 Å². The molecule has 0 aliphatic heterocycles. The van der Waals surface area contributed by atoms with Crippen LogP contribution in [0.3, 0.4) is 0 Å². The highest BCUT2D eigenvalue weighted by Crippen LogP contribution is 2.46. The molecule has 0 unspecified atom stereocenters. The van der Waals surface area contributed by atoms with E-state index in [4.69, 9.17) is 0 Å². The molecule has 1 saturated carbocycles. The van der Waals surface area contributed by atoms with Crippen molar-refractivity contribution in [2.24, 2.45) is 0 Å². The Labute approximate surface area is 182 Å². The highest BCUT2D eigenvalue weighted by atomic mass is 32.2. The summed E-state index contributed by atoms with van der Waals surface area (Å²) in [7, 11) is 0. The zero-order valence-corrected chi connectivity index (χ0v) is 17.4. The Kier molecular flexibility index (Phi) is 5.18. The Balaban J connectivity index is 1.51. The molecule has 156 valence electrons. The fraction of sp³-hybridized carbons (Fsp3) is 0.200. The second kappa shape index (κ2) is 8.00. The number of hydrogen-bond acceptors (Lipinski definition) is 3. The lowest BCUT2D eigenvalue weighted by atomic mass is 9.95. The average Bonchev–Trinajstić information content (AvgIpc) is 3.62. The SMILES string of the molecule is FC(F)(F)c1ccc(-c2ncnc3cc(SCc4ccccc4)ccc23)c(C2CC2)c1. The number of rotatable bonds is 5. The first-order valence-corrected chi connectivity index (χ1v) is 11.1. The van der Waals surface area contributed by atoms with Gasteiger partial charge in [-0.15, -0.1) is 11.8 Å². The van der Waals surface area contributed by atoms with Gasteiger partial charge in [-0.05, 0) is 60.2 Å². The fourth-order valence-corrected chi connectivity index (χ4v) is 4.65. The first kappa shape index (κ1) is 20.1. The molecule has 0 spiro atoms. The number of benzene rings is 3. The topological polar surface area (TPSA) is 25.8 Å². The molecule has 31 heavy (non-hydrogen) atoms. The molecule has 0 amide bonds. The summed E-state index contributed by atoms with van der Waals surface area (Å²) in [5, 5.41) is 0.855. The molecule has 3 aromatic carbocycles. The Hall–Kier alpha value is -2.86. The van der Waals surface area contributed by atoms with Crippen LogP contribution in [0.15, 0.2) is 78.0 Å². The highest BCUT2D eigenvalue weighted by molar-refractivity contribution is 7.98. The summed E-state index contributed by atoms with van der Waals surface area (Å²) in [4.78, 5) is 9.98. The van der Waals surface area contributed by atoms with Gasteiger partial charge in [-0.1, -0.05) is 36.4 Å². The van der Waals surface area contributed by atoms with Gasteiger partial charge in [-0.2, -0.15) is 13.2 Å². The van der Waals surface area contributed by atoms with Gasteiger partial charge in [0.25, 0.3) is 0 Å². The van der Waals surface area contributed by atoms with Gasteiger partial charge in [0.2, 0.25) is 0 Å². The number of fused-ring (bicyclic) bond motifs is 1. The van der Waals surface area contributed by atoms with E-state index in [0.717, 1.165) is 51.6 Å². The molecular weight excluding hydrogens is 417 g/mol. The van der Waals surface area contributed by atoms with Crippen molar-refractivity contribution < 1.29 is 13.2 Å². The van der Waals surface area contributed by atoms with E-state index in [1.165, 1.54) is 18.0 Å². The van der Waals surface area contributed by atoms with Crippen LogP contribution in [0, 0.1) is 0 Å². The summed E-state index contributed by atoms with van der Waals surface area (Å²) in [5.74, 6) is 1.03. The van der Waals surface area contributed by atoms with Crippen molar-refractivity contribution in [3.63, 3.8) is 0 Å². The summed E-state index contributed by atoms with van der Waals surface area (Å²) in [6, 6.07) is 20.3. The van der Waals surface area contributed by atoms with Crippen molar-refractivity contribution in [1.82, 2.24) is 9.97 Å². The van der Waals surface area contributed by atoms with Crippen molar-refractivity contribution in [3.05, 3.63) is 89.7 Å². The van der Waals surface area contributed by atoms with E-state index in [0.29, 0.717) is 5.69 Å². The molecular formula is C25H19F3N2S. The van der Waals surface area contributed by atoms with Gasteiger partial charge < -0.3 is 0 Å². The van der Waals surface area contributed by atoms with Crippen molar-refractivity contribution in [2.45, 2.75) is 35.6 Å². The summed E-state index contributed by atoms with van der Waals surface area (Å²) in [5.41, 5.74) is 3.64. The van der Waals surface area contributed by atoms with Crippen LogP contribution < -0.4 is 0 Å².